The SMILES string of the molecule is NC(=O)C1CCCc2c(-c3ccccc3)n[nH]c21. The molecule has 3 N–H and O–H groups in total. The second-order valence-corrected chi connectivity index (χ2v) is 4.68. The van der Waals surface area contributed by atoms with Crippen LogP contribution in [0, 0.1) is 0 Å². The molecule has 1 aliphatic rings. The van der Waals surface area contributed by atoms with Gasteiger partial charge in [0, 0.05) is 11.1 Å². The van der Waals surface area contributed by atoms with Gasteiger partial charge in [-0.05, 0) is 19.3 Å². The van der Waals surface area contributed by atoms with E-state index in [0.717, 1.165) is 41.8 Å². The number of fused-ring (bicyclic) bond motifs is 1. The van der Waals surface area contributed by atoms with Crippen LogP contribution >= 0.6 is 0 Å². The van der Waals surface area contributed by atoms with Crippen molar-refractivity contribution in [3.63, 3.8) is 0 Å². The molecule has 1 aliphatic carbocycles. The molecule has 1 unspecified atom stereocenters. The Morgan fingerprint density at radius 3 is 2.83 bits per heavy atom. The predicted molar refractivity (Wildman–Crippen MR) is 68.9 cm³/mol. The zero-order chi connectivity index (χ0) is 12.5. The Morgan fingerprint density at radius 2 is 2.11 bits per heavy atom. The van der Waals surface area contributed by atoms with Gasteiger partial charge in [0.15, 0.2) is 0 Å². The summed E-state index contributed by atoms with van der Waals surface area (Å²) in [4.78, 5) is 11.4. The van der Waals surface area contributed by atoms with E-state index >= 15 is 0 Å². The quantitative estimate of drug-likeness (QED) is 0.843. The first kappa shape index (κ1) is 11.0. The molecule has 18 heavy (non-hydrogen) atoms. The lowest BCUT2D eigenvalue weighted by molar-refractivity contribution is -0.119. The third-order valence-electron chi connectivity index (χ3n) is 3.56. The van der Waals surface area contributed by atoms with Crippen LogP contribution < -0.4 is 5.73 Å². The number of primary amides is 1. The van der Waals surface area contributed by atoms with Crippen LogP contribution in [-0.4, -0.2) is 16.1 Å². The fraction of sp³-hybridized carbons (Fsp3) is 0.286. The van der Waals surface area contributed by atoms with Gasteiger partial charge >= 0.3 is 0 Å². The Bertz CT molecular complexity index is 574. The summed E-state index contributed by atoms with van der Waals surface area (Å²) in [5, 5.41) is 7.37. The highest BCUT2D eigenvalue weighted by molar-refractivity contribution is 5.83. The molecule has 0 radical (unpaired) electrons. The largest absolute Gasteiger partial charge is 0.369 e. The smallest absolute Gasteiger partial charge is 0.226 e. The van der Waals surface area contributed by atoms with Crippen LogP contribution in [0.15, 0.2) is 30.3 Å². The number of hydrogen-bond acceptors (Lipinski definition) is 2. The summed E-state index contributed by atoms with van der Waals surface area (Å²) in [5.41, 5.74) is 9.54. The van der Waals surface area contributed by atoms with Gasteiger partial charge in [-0.1, -0.05) is 30.3 Å². The monoisotopic (exact) mass is 241 g/mol. The van der Waals surface area contributed by atoms with E-state index in [1.165, 1.54) is 0 Å². The third kappa shape index (κ3) is 1.70. The minimum Gasteiger partial charge on any atom is -0.369 e. The molecule has 0 fully saturated rings. The molecule has 0 bridgehead atoms. The molecule has 1 aromatic carbocycles. The summed E-state index contributed by atoms with van der Waals surface area (Å²) in [6, 6.07) is 10.0. The number of nitrogens with one attached hydrogen (secondary N) is 1. The lowest BCUT2D eigenvalue weighted by Crippen LogP contribution is -2.25. The maximum Gasteiger partial charge on any atom is 0.226 e. The van der Waals surface area contributed by atoms with Crippen molar-refractivity contribution < 1.29 is 4.79 Å². The lowest BCUT2D eigenvalue weighted by atomic mass is 9.85. The molecule has 3 rings (SSSR count). The molecule has 0 saturated carbocycles. The number of aromatic amines is 1. The van der Waals surface area contributed by atoms with Crippen LogP contribution in [0.25, 0.3) is 11.3 Å². The molecule has 4 heteroatoms. The van der Waals surface area contributed by atoms with Gasteiger partial charge in [0.25, 0.3) is 0 Å². The van der Waals surface area contributed by atoms with E-state index in [1.807, 2.05) is 30.3 Å². The van der Waals surface area contributed by atoms with Crippen molar-refractivity contribution in [3.05, 3.63) is 41.6 Å². The van der Waals surface area contributed by atoms with Gasteiger partial charge in [-0.15, -0.1) is 0 Å². The van der Waals surface area contributed by atoms with E-state index in [2.05, 4.69) is 10.2 Å². The van der Waals surface area contributed by atoms with Crippen molar-refractivity contribution in [2.24, 2.45) is 5.73 Å². The van der Waals surface area contributed by atoms with Crippen molar-refractivity contribution in [3.8, 4) is 11.3 Å². The van der Waals surface area contributed by atoms with Crippen LogP contribution in [0.1, 0.15) is 30.0 Å². The fourth-order valence-corrected chi connectivity index (χ4v) is 2.67. The first-order valence-corrected chi connectivity index (χ1v) is 6.19. The fourth-order valence-electron chi connectivity index (χ4n) is 2.67. The van der Waals surface area contributed by atoms with Crippen LogP contribution in [0.3, 0.4) is 0 Å². The molecule has 0 saturated heterocycles. The number of amides is 1. The van der Waals surface area contributed by atoms with Crippen LogP contribution in [-0.2, 0) is 11.2 Å². The summed E-state index contributed by atoms with van der Waals surface area (Å²) in [6.45, 7) is 0. The number of benzene rings is 1. The first-order chi connectivity index (χ1) is 8.77. The standard InChI is InChI=1S/C14H15N3O/c15-14(18)11-8-4-7-10-12(16-17-13(10)11)9-5-2-1-3-6-9/h1-3,5-6,11H,4,7-8H2,(H2,15,18)(H,16,17). The summed E-state index contributed by atoms with van der Waals surface area (Å²) in [6.07, 6.45) is 2.76. The number of nitrogens with zero attached hydrogens (tertiary/aromatic N) is 1. The van der Waals surface area contributed by atoms with Crippen LogP contribution in [0.5, 0.6) is 0 Å². The summed E-state index contributed by atoms with van der Waals surface area (Å²) < 4.78 is 0. The molecule has 0 spiro atoms. The highest BCUT2D eigenvalue weighted by atomic mass is 16.1. The Labute approximate surface area is 105 Å². The van der Waals surface area contributed by atoms with Gasteiger partial charge in [-0.2, -0.15) is 5.10 Å². The average Bonchev–Trinajstić information content (AvgIpc) is 2.83. The van der Waals surface area contributed by atoms with E-state index in [-0.39, 0.29) is 11.8 Å². The van der Waals surface area contributed by atoms with Crippen molar-refractivity contribution in [1.29, 1.82) is 0 Å². The van der Waals surface area contributed by atoms with Crippen molar-refractivity contribution in [2.45, 2.75) is 25.2 Å². The van der Waals surface area contributed by atoms with E-state index in [0.29, 0.717) is 0 Å². The Balaban J connectivity index is 2.08. The zero-order valence-electron chi connectivity index (χ0n) is 10.0. The molecule has 1 atom stereocenters. The molecule has 4 nitrogen and oxygen atoms in total. The molecule has 92 valence electrons. The Morgan fingerprint density at radius 1 is 1.33 bits per heavy atom. The molecule has 0 aliphatic heterocycles. The van der Waals surface area contributed by atoms with Gasteiger partial charge in [0.2, 0.25) is 5.91 Å². The van der Waals surface area contributed by atoms with E-state index in [1.54, 1.807) is 0 Å². The van der Waals surface area contributed by atoms with Gasteiger partial charge < -0.3 is 5.73 Å². The van der Waals surface area contributed by atoms with E-state index in [4.69, 9.17) is 5.73 Å². The van der Waals surface area contributed by atoms with Crippen molar-refractivity contribution in [2.75, 3.05) is 0 Å². The summed E-state index contributed by atoms with van der Waals surface area (Å²) >= 11 is 0. The number of carbonyl (C=O) groups is 1. The topological polar surface area (TPSA) is 71.8 Å². The normalized spacial score (nSPS) is 18.3. The number of carbonyl (C=O) groups excluding carboxylic acids is 1. The predicted octanol–water partition coefficient (Wildman–Crippen LogP) is 1.98. The number of H-pyrrole nitrogens is 1. The number of rotatable bonds is 2. The second kappa shape index (κ2) is 4.29. The third-order valence-corrected chi connectivity index (χ3v) is 3.56. The van der Waals surface area contributed by atoms with Gasteiger partial charge in [-0.25, -0.2) is 0 Å². The molecular formula is C14H15N3O. The molecule has 1 heterocycles. The number of aromatic nitrogens is 2. The average molecular weight is 241 g/mol. The van der Waals surface area contributed by atoms with E-state index in [9.17, 15) is 4.79 Å². The maximum atomic E-state index is 11.4. The van der Waals surface area contributed by atoms with Gasteiger partial charge in [0.05, 0.1) is 17.3 Å². The highest BCUT2D eigenvalue weighted by Gasteiger charge is 2.29. The summed E-state index contributed by atoms with van der Waals surface area (Å²) in [5.74, 6) is -0.474. The zero-order valence-corrected chi connectivity index (χ0v) is 10.0. The first-order valence-electron chi connectivity index (χ1n) is 6.19. The van der Waals surface area contributed by atoms with Gasteiger partial charge in [0.1, 0.15) is 0 Å². The van der Waals surface area contributed by atoms with Crippen LogP contribution in [0.2, 0.25) is 0 Å². The molecule has 2 aromatic rings. The second-order valence-electron chi connectivity index (χ2n) is 4.68. The number of hydrogen-bond donors (Lipinski definition) is 2. The highest BCUT2D eigenvalue weighted by Crippen LogP contribution is 2.35. The van der Waals surface area contributed by atoms with E-state index < -0.39 is 0 Å². The van der Waals surface area contributed by atoms with Crippen molar-refractivity contribution >= 4 is 5.91 Å². The Hall–Kier alpha value is -2.10. The van der Waals surface area contributed by atoms with Gasteiger partial charge in [-0.3, -0.25) is 9.89 Å². The minimum absolute atomic E-state index is 0.210. The maximum absolute atomic E-state index is 11.4. The Kier molecular flexibility index (Phi) is 2.63. The number of nitrogens with two attached hydrogens (primary N) is 1. The van der Waals surface area contributed by atoms with Crippen molar-refractivity contribution in [1.82, 2.24) is 10.2 Å². The minimum atomic E-state index is -0.265. The summed E-state index contributed by atoms with van der Waals surface area (Å²) in [7, 11) is 0. The lowest BCUT2D eigenvalue weighted by Gasteiger charge is -2.19. The molecular weight excluding hydrogens is 226 g/mol. The molecule has 1 amide bonds. The van der Waals surface area contributed by atoms with Crippen LogP contribution in [0.4, 0.5) is 0 Å². The molecule has 1 aromatic heterocycles.